The van der Waals surface area contributed by atoms with E-state index in [1.54, 1.807) is 34.9 Å². The van der Waals surface area contributed by atoms with E-state index in [-0.39, 0.29) is 44.7 Å². The van der Waals surface area contributed by atoms with Crippen molar-refractivity contribution in [1.29, 1.82) is 0 Å². The van der Waals surface area contributed by atoms with Gasteiger partial charge in [0, 0.05) is 30.7 Å². The zero-order valence-corrected chi connectivity index (χ0v) is 20.3. The molecule has 2 amide bonds. The number of nitrogens with one attached hydrogen (secondary N) is 1. The molecule has 5 rings (SSSR count). The van der Waals surface area contributed by atoms with E-state index >= 15 is 0 Å². The van der Waals surface area contributed by atoms with Crippen LogP contribution in [0, 0.1) is 5.92 Å². The number of carboxylic acid groups (broad SMARTS) is 1. The first-order valence-electron chi connectivity index (χ1n) is 12.2. The standard InChI is InChI=1S/C27H26F3N5O3/c28-27(29,30)19-7-9-34(10-8-19)26(38)33-21-11-16-3-1-2-4-22(16)18(12-21)15-35-23(25(36)37)13-17-5-6-20(14-31)32-24(17)35/h1-6,11-13,19H,7-10,14-15,31H2,(H,33,38)(H,36,37). The number of amides is 2. The minimum atomic E-state index is -4.26. The zero-order valence-electron chi connectivity index (χ0n) is 20.3. The molecule has 4 aromatic rings. The minimum absolute atomic E-state index is 0.0168. The maximum atomic E-state index is 13.0. The molecule has 8 nitrogen and oxygen atoms in total. The number of piperidine rings is 1. The topological polar surface area (TPSA) is 113 Å². The van der Waals surface area contributed by atoms with E-state index in [2.05, 4.69) is 10.3 Å². The summed E-state index contributed by atoms with van der Waals surface area (Å²) in [6.07, 6.45) is -4.51. The van der Waals surface area contributed by atoms with Crippen molar-refractivity contribution in [3.63, 3.8) is 0 Å². The average Bonchev–Trinajstić information content (AvgIpc) is 3.26. The third-order valence-corrected chi connectivity index (χ3v) is 7.00. The number of hydrogen-bond donors (Lipinski definition) is 3. The third kappa shape index (κ3) is 5.01. The molecule has 0 unspecified atom stereocenters. The predicted octanol–water partition coefficient (Wildman–Crippen LogP) is 5.20. The number of carboxylic acids is 1. The van der Waals surface area contributed by atoms with Crippen LogP contribution in [0.25, 0.3) is 21.8 Å². The van der Waals surface area contributed by atoms with Gasteiger partial charge in [0.05, 0.1) is 18.2 Å². The highest BCUT2D eigenvalue weighted by Gasteiger charge is 2.41. The van der Waals surface area contributed by atoms with Gasteiger partial charge >= 0.3 is 18.2 Å². The van der Waals surface area contributed by atoms with Crippen LogP contribution in [-0.4, -0.2) is 50.8 Å². The van der Waals surface area contributed by atoms with Gasteiger partial charge in [-0.2, -0.15) is 13.2 Å². The number of urea groups is 1. The van der Waals surface area contributed by atoms with Gasteiger partial charge in [-0.05, 0) is 59.5 Å². The van der Waals surface area contributed by atoms with Crippen molar-refractivity contribution >= 4 is 39.5 Å². The number of likely N-dealkylation sites (tertiary alicyclic amines) is 1. The number of halogens is 3. The van der Waals surface area contributed by atoms with Crippen molar-refractivity contribution in [3.8, 4) is 0 Å². The Balaban J connectivity index is 1.47. The number of anilines is 1. The van der Waals surface area contributed by atoms with Crippen LogP contribution in [0.4, 0.5) is 23.7 Å². The molecule has 0 radical (unpaired) electrons. The predicted molar refractivity (Wildman–Crippen MR) is 137 cm³/mol. The van der Waals surface area contributed by atoms with Gasteiger partial charge in [-0.1, -0.05) is 24.3 Å². The lowest BCUT2D eigenvalue weighted by molar-refractivity contribution is -0.183. The van der Waals surface area contributed by atoms with Crippen LogP contribution in [0.1, 0.15) is 34.6 Å². The van der Waals surface area contributed by atoms with Crippen molar-refractivity contribution in [3.05, 3.63) is 71.5 Å². The maximum absolute atomic E-state index is 13.0. The van der Waals surface area contributed by atoms with E-state index in [0.717, 1.165) is 16.3 Å². The summed E-state index contributed by atoms with van der Waals surface area (Å²) >= 11 is 0. The van der Waals surface area contributed by atoms with Crippen LogP contribution in [0.2, 0.25) is 0 Å². The second kappa shape index (κ2) is 9.97. The Morgan fingerprint density at radius 3 is 2.47 bits per heavy atom. The van der Waals surface area contributed by atoms with Gasteiger partial charge in [-0.15, -0.1) is 0 Å². The SMILES string of the molecule is NCc1ccc2cc(C(=O)O)n(Cc3cc(NC(=O)N4CCC(C(F)(F)F)CC4)cc4ccccc34)c2n1. The molecule has 0 bridgehead atoms. The Bertz CT molecular complexity index is 1520. The summed E-state index contributed by atoms with van der Waals surface area (Å²) < 4.78 is 40.6. The number of aromatic carboxylic acids is 1. The van der Waals surface area contributed by atoms with Crippen molar-refractivity contribution in [2.45, 2.75) is 32.1 Å². The lowest BCUT2D eigenvalue weighted by Gasteiger charge is -2.33. The van der Waals surface area contributed by atoms with E-state index in [1.807, 2.05) is 24.3 Å². The molecule has 0 atom stereocenters. The van der Waals surface area contributed by atoms with Gasteiger partial charge < -0.3 is 25.6 Å². The highest BCUT2D eigenvalue weighted by Crippen LogP contribution is 2.34. The van der Waals surface area contributed by atoms with Crippen LogP contribution < -0.4 is 11.1 Å². The van der Waals surface area contributed by atoms with Gasteiger partial charge in [0.1, 0.15) is 11.3 Å². The van der Waals surface area contributed by atoms with E-state index in [9.17, 15) is 27.9 Å². The molecule has 1 aliphatic rings. The number of benzene rings is 2. The number of aromatic nitrogens is 2. The number of nitrogens with zero attached hydrogens (tertiary/aromatic N) is 3. The summed E-state index contributed by atoms with van der Waals surface area (Å²) in [7, 11) is 0. The monoisotopic (exact) mass is 525 g/mol. The Hall–Kier alpha value is -4.12. The molecule has 2 aromatic heterocycles. The lowest BCUT2D eigenvalue weighted by Crippen LogP contribution is -2.43. The molecule has 1 aliphatic heterocycles. The average molecular weight is 526 g/mol. The van der Waals surface area contributed by atoms with Crippen LogP contribution in [0.5, 0.6) is 0 Å². The van der Waals surface area contributed by atoms with E-state index in [4.69, 9.17) is 5.73 Å². The molecule has 4 N–H and O–H groups in total. The smallest absolute Gasteiger partial charge is 0.391 e. The third-order valence-electron chi connectivity index (χ3n) is 7.00. The van der Waals surface area contributed by atoms with Crippen LogP contribution in [0.3, 0.4) is 0 Å². The van der Waals surface area contributed by atoms with Gasteiger partial charge in [-0.25, -0.2) is 14.6 Å². The molecule has 0 spiro atoms. The fraction of sp³-hybridized carbons (Fsp3) is 0.296. The number of fused-ring (bicyclic) bond motifs is 2. The normalized spacial score (nSPS) is 14.8. The number of carbonyl (C=O) groups excluding carboxylic acids is 1. The van der Waals surface area contributed by atoms with Crippen LogP contribution in [0.15, 0.2) is 54.6 Å². The van der Waals surface area contributed by atoms with Crippen molar-refractivity contribution in [1.82, 2.24) is 14.5 Å². The van der Waals surface area contributed by atoms with Gasteiger partial charge in [0.25, 0.3) is 0 Å². The number of pyridine rings is 1. The van der Waals surface area contributed by atoms with Crippen molar-refractivity contribution < 1.29 is 27.9 Å². The van der Waals surface area contributed by atoms with Crippen molar-refractivity contribution in [2.75, 3.05) is 18.4 Å². The lowest BCUT2D eigenvalue weighted by atomic mass is 9.96. The largest absolute Gasteiger partial charge is 0.477 e. The van der Waals surface area contributed by atoms with Gasteiger partial charge in [-0.3, -0.25) is 0 Å². The fourth-order valence-electron chi connectivity index (χ4n) is 4.99. The van der Waals surface area contributed by atoms with E-state index in [1.165, 1.54) is 4.90 Å². The molecule has 1 fully saturated rings. The molecule has 2 aromatic carbocycles. The van der Waals surface area contributed by atoms with Gasteiger partial charge in [0.15, 0.2) is 0 Å². The number of carbonyl (C=O) groups is 2. The highest BCUT2D eigenvalue weighted by molar-refractivity contribution is 5.96. The maximum Gasteiger partial charge on any atom is 0.391 e. The molecule has 11 heteroatoms. The number of alkyl halides is 3. The second-order valence-corrected chi connectivity index (χ2v) is 9.43. The zero-order chi connectivity index (χ0) is 27.0. The minimum Gasteiger partial charge on any atom is -0.477 e. The summed E-state index contributed by atoms with van der Waals surface area (Å²) in [5.41, 5.74) is 8.13. The molecule has 0 saturated carbocycles. The molecule has 0 aliphatic carbocycles. The number of rotatable bonds is 5. The van der Waals surface area contributed by atoms with Crippen LogP contribution in [-0.2, 0) is 13.1 Å². The Morgan fingerprint density at radius 2 is 1.79 bits per heavy atom. The molecule has 198 valence electrons. The molecular weight excluding hydrogens is 499 g/mol. The highest BCUT2D eigenvalue weighted by atomic mass is 19.4. The van der Waals surface area contributed by atoms with E-state index in [0.29, 0.717) is 22.4 Å². The molecule has 1 saturated heterocycles. The van der Waals surface area contributed by atoms with Crippen molar-refractivity contribution in [2.24, 2.45) is 11.7 Å². The Labute approximate surface area is 215 Å². The van der Waals surface area contributed by atoms with Crippen LogP contribution >= 0.6 is 0 Å². The number of hydrogen-bond acceptors (Lipinski definition) is 4. The quantitative estimate of drug-likeness (QED) is 0.332. The second-order valence-electron chi connectivity index (χ2n) is 9.43. The summed E-state index contributed by atoms with van der Waals surface area (Å²) in [6, 6.07) is 15.7. The first-order chi connectivity index (χ1) is 18.1. The summed E-state index contributed by atoms with van der Waals surface area (Å²) in [4.78, 5) is 30.9. The molecular formula is C27H26F3N5O3. The first-order valence-corrected chi connectivity index (χ1v) is 12.2. The first kappa shape index (κ1) is 25.5. The van der Waals surface area contributed by atoms with E-state index < -0.39 is 24.1 Å². The summed E-state index contributed by atoms with van der Waals surface area (Å²) in [6.45, 7) is 0.396. The number of nitrogens with two attached hydrogens (primary N) is 1. The Morgan fingerprint density at radius 1 is 1.05 bits per heavy atom. The fourth-order valence-corrected chi connectivity index (χ4v) is 4.99. The summed E-state index contributed by atoms with van der Waals surface area (Å²) in [5.74, 6) is -2.50. The summed E-state index contributed by atoms with van der Waals surface area (Å²) in [5, 5.41) is 15.0. The van der Waals surface area contributed by atoms with Gasteiger partial charge in [0.2, 0.25) is 0 Å². The Kier molecular flexibility index (Phi) is 6.70. The molecule has 38 heavy (non-hydrogen) atoms. The molecule has 3 heterocycles.